The van der Waals surface area contributed by atoms with Crippen LogP contribution in [0.2, 0.25) is 0 Å². The zero-order chi connectivity index (χ0) is 23.1. The minimum Gasteiger partial charge on any atom is -0.366 e. The zero-order valence-electron chi connectivity index (χ0n) is 18.0. The topological polar surface area (TPSA) is 57.3 Å². The van der Waals surface area contributed by atoms with Crippen molar-refractivity contribution in [2.45, 2.75) is 26.8 Å². The highest BCUT2D eigenvalue weighted by atomic mass is 19.1. The monoisotopic (exact) mass is 442 g/mol. The van der Waals surface area contributed by atoms with E-state index >= 15 is 0 Å². The lowest BCUT2D eigenvalue weighted by atomic mass is 10.1. The molecule has 2 aromatic carbocycles. The number of hydrogen-bond donors (Lipinski definition) is 2. The van der Waals surface area contributed by atoms with Gasteiger partial charge in [-0.15, -0.1) is 0 Å². The van der Waals surface area contributed by atoms with Crippen LogP contribution in [0.1, 0.15) is 25.0 Å². The molecule has 3 rings (SSSR count). The third kappa shape index (κ3) is 6.23. The Hall–Kier alpha value is -3.55. The molecular formula is C24H25F3N4O. The first kappa shape index (κ1) is 23.1. The van der Waals surface area contributed by atoms with Gasteiger partial charge in [-0.25, -0.2) is 18.2 Å². The van der Waals surface area contributed by atoms with Crippen LogP contribution in [0.5, 0.6) is 0 Å². The van der Waals surface area contributed by atoms with Crippen molar-refractivity contribution in [3.63, 3.8) is 0 Å². The smallest absolute Gasteiger partial charge is 0.228 e. The van der Waals surface area contributed by atoms with Gasteiger partial charge in [-0.3, -0.25) is 4.79 Å². The van der Waals surface area contributed by atoms with Crippen molar-refractivity contribution < 1.29 is 18.0 Å². The van der Waals surface area contributed by atoms with Gasteiger partial charge in [0.15, 0.2) is 5.82 Å². The van der Waals surface area contributed by atoms with Gasteiger partial charge in [0, 0.05) is 25.7 Å². The maximum atomic E-state index is 13.4. The third-order valence-corrected chi connectivity index (χ3v) is 4.89. The van der Waals surface area contributed by atoms with Crippen molar-refractivity contribution in [2.75, 3.05) is 28.6 Å². The lowest BCUT2D eigenvalue weighted by Gasteiger charge is -2.24. The first-order valence-electron chi connectivity index (χ1n) is 10.4. The van der Waals surface area contributed by atoms with Crippen molar-refractivity contribution in [2.24, 2.45) is 0 Å². The summed E-state index contributed by atoms with van der Waals surface area (Å²) in [6, 6.07) is 12.7. The number of carbonyl (C=O) groups is 1. The molecule has 0 fully saturated rings. The molecule has 0 saturated carbocycles. The Labute approximate surface area is 185 Å². The van der Waals surface area contributed by atoms with Gasteiger partial charge in [0.2, 0.25) is 5.91 Å². The van der Waals surface area contributed by atoms with Gasteiger partial charge in [-0.2, -0.15) is 0 Å². The number of benzene rings is 2. The first-order chi connectivity index (χ1) is 15.4. The Bertz CT molecular complexity index is 1050. The fourth-order valence-corrected chi connectivity index (χ4v) is 3.30. The largest absolute Gasteiger partial charge is 0.366 e. The number of nitrogens with one attached hydrogen (secondary N) is 2. The summed E-state index contributed by atoms with van der Waals surface area (Å²) in [6.45, 7) is 5.75. The van der Waals surface area contributed by atoms with Gasteiger partial charge < -0.3 is 15.5 Å². The summed E-state index contributed by atoms with van der Waals surface area (Å²) in [5, 5.41) is 6.00. The average Bonchev–Trinajstić information content (AvgIpc) is 2.75. The number of halogens is 3. The SMILES string of the molecule is CCN(CC)c1nc(NCc2ccc(F)cc2)ccc1NC(=O)Cc1cc(F)cc(F)c1. The summed E-state index contributed by atoms with van der Waals surface area (Å²) >= 11 is 0. The maximum absolute atomic E-state index is 13.4. The van der Waals surface area contributed by atoms with Crippen LogP contribution in [0.4, 0.5) is 30.5 Å². The number of nitrogens with zero attached hydrogens (tertiary/aromatic N) is 2. The predicted molar refractivity (Wildman–Crippen MR) is 120 cm³/mol. The second-order valence-corrected chi connectivity index (χ2v) is 7.22. The average molecular weight is 442 g/mol. The van der Waals surface area contributed by atoms with Crippen molar-refractivity contribution in [1.29, 1.82) is 0 Å². The highest BCUT2D eigenvalue weighted by Gasteiger charge is 2.15. The molecule has 0 aliphatic heterocycles. The molecule has 0 spiro atoms. The molecule has 0 saturated heterocycles. The van der Waals surface area contributed by atoms with Crippen LogP contribution >= 0.6 is 0 Å². The van der Waals surface area contributed by atoms with E-state index in [0.29, 0.717) is 37.0 Å². The standard InChI is InChI=1S/C24H25F3N4O/c1-3-31(4-2)24-21(29-23(32)13-17-11-19(26)14-20(27)12-17)9-10-22(30-24)28-15-16-5-7-18(25)8-6-16/h5-12,14H,3-4,13,15H2,1-2H3,(H,28,30)(H,29,32). The molecular weight excluding hydrogens is 417 g/mol. The van der Waals surface area contributed by atoms with E-state index in [2.05, 4.69) is 15.6 Å². The second-order valence-electron chi connectivity index (χ2n) is 7.22. The Morgan fingerprint density at radius 3 is 2.16 bits per heavy atom. The molecule has 1 amide bonds. The molecule has 1 aromatic heterocycles. The first-order valence-corrected chi connectivity index (χ1v) is 10.4. The number of anilines is 3. The molecule has 2 N–H and O–H groups in total. The minimum atomic E-state index is -0.727. The van der Waals surface area contributed by atoms with Gasteiger partial charge in [-0.1, -0.05) is 12.1 Å². The molecule has 0 aliphatic carbocycles. The summed E-state index contributed by atoms with van der Waals surface area (Å²) in [4.78, 5) is 19.2. The number of hydrogen-bond acceptors (Lipinski definition) is 4. The number of carbonyl (C=O) groups excluding carboxylic acids is 1. The normalized spacial score (nSPS) is 10.7. The van der Waals surface area contributed by atoms with Crippen LogP contribution in [-0.4, -0.2) is 24.0 Å². The molecule has 32 heavy (non-hydrogen) atoms. The summed E-state index contributed by atoms with van der Waals surface area (Å²) in [7, 11) is 0. The Morgan fingerprint density at radius 2 is 1.53 bits per heavy atom. The van der Waals surface area contributed by atoms with Gasteiger partial charge in [0.1, 0.15) is 23.3 Å². The summed E-state index contributed by atoms with van der Waals surface area (Å²) in [6.07, 6.45) is -0.170. The molecule has 5 nitrogen and oxygen atoms in total. The maximum Gasteiger partial charge on any atom is 0.228 e. The van der Waals surface area contributed by atoms with E-state index in [4.69, 9.17) is 0 Å². The quantitative estimate of drug-likeness (QED) is 0.482. The lowest BCUT2D eigenvalue weighted by molar-refractivity contribution is -0.115. The van der Waals surface area contributed by atoms with Gasteiger partial charge in [0.25, 0.3) is 0 Å². The van der Waals surface area contributed by atoms with E-state index in [9.17, 15) is 18.0 Å². The fraction of sp³-hybridized carbons (Fsp3) is 0.250. The number of amides is 1. The molecule has 0 aliphatic rings. The molecule has 0 bridgehead atoms. The molecule has 168 valence electrons. The lowest BCUT2D eigenvalue weighted by Crippen LogP contribution is -2.26. The van der Waals surface area contributed by atoms with Gasteiger partial charge in [0.05, 0.1) is 12.1 Å². The highest BCUT2D eigenvalue weighted by Crippen LogP contribution is 2.26. The van der Waals surface area contributed by atoms with Crippen molar-refractivity contribution in [1.82, 2.24) is 4.98 Å². The van der Waals surface area contributed by atoms with E-state index < -0.39 is 17.5 Å². The predicted octanol–water partition coefficient (Wildman–Crippen LogP) is 5.14. The minimum absolute atomic E-state index is 0.170. The number of rotatable bonds is 9. The Kier molecular flexibility index (Phi) is 7.70. The Balaban J connectivity index is 1.76. The number of pyridine rings is 1. The highest BCUT2D eigenvalue weighted by molar-refractivity contribution is 5.95. The van der Waals surface area contributed by atoms with Crippen molar-refractivity contribution >= 4 is 23.2 Å². The molecule has 0 radical (unpaired) electrons. The third-order valence-electron chi connectivity index (χ3n) is 4.89. The van der Waals surface area contributed by atoms with E-state index in [1.54, 1.807) is 24.3 Å². The van der Waals surface area contributed by atoms with Crippen LogP contribution in [-0.2, 0) is 17.8 Å². The molecule has 0 atom stereocenters. The van der Waals surface area contributed by atoms with Crippen LogP contribution in [0, 0.1) is 17.5 Å². The molecule has 3 aromatic rings. The van der Waals surface area contributed by atoms with Crippen LogP contribution in [0.15, 0.2) is 54.6 Å². The number of aromatic nitrogens is 1. The molecule has 8 heteroatoms. The second kappa shape index (κ2) is 10.7. The van der Waals surface area contributed by atoms with Crippen LogP contribution in [0.25, 0.3) is 0 Å². The van der Waals surface area contributed by atoms with Gasteiger partial charge in [-0.05, 0) is 61.4 Å². The summed E-state index contributed by atoms with van der Waals surface area (Å²) in [5.41, 5.74) is 1.65. The van der Waals surface area contributed by atoms with E-state index in [1.807, 2.05) is 18.7 Å². The van der Waals surface area contributed by atoms with E-state index in [0.717, 1.165) is 23.8 Å². The summed E-state index contributed by atoms with van der Waals surface area (Å²) < 4.78 is 39.9. The van der Waals surface area contributed by atoms with Crippen LogP contribution < -0.4 is 15.5 Å². The zero-order valence-corrected chi connectivity index (χ0v) is 18.0. The van der Waals surface area contributed by atoms with Crippen molar-refractivity contribution in [3.05, 3.63) is 83.2 Å². The van der Waals surface area contributed by atoms with E-state index in [1.165, 1.54) is 12.1 Å². The van der Waals surface area contributed by atoms with E-state index in [-0.39, 0.29) is 17.8 Å². The van der Waals surface area contributed by atoms with Gasteiger partial charge >= 0.3 is 0 Å². The molecule has 0 unspecified atom stereocenters. The fourth-order valence-electron chi connectivity index (χ4n) is 3.30. The summed E-state index contributed by atoms with van der Waals surface area (Å²) in [5.74, 6) is -0.974. The Morgan fingerprint density at radius 1 is 0.875 bits per heavy atom. The van der Waals surface area contributed by atoms with Crippen LogP contribution in [0.3, 0.4) is 0 Å². The van der Waals surface area contributed by atoms with Crippen molar-refractivity contribution in [3.8, 4) is 0 Å². The molecule has 1 heterocycles.